The summed E-state index contributed by atoms with van der Waals surface area (Å²) in [6.45, 7) is -1.33. The Balaban J connectivity index is 2.50. The maximum atomic E-state index is 11.6. The van der Waals surface area contributed by atoms with Crippen LogP contribution in [-0.4, -0.2) is 19.1 Å². The average Bonchev–Trinajstić information content (AvgIpc) is 2.47. The number of thiophene rings is 1. The van der Waals surface area contributed by atoms with Crippen LogP contribution in [0.2, 0.25) is 0 Å². The molecule has 0 radical (unpaired) electrons. The lowest BCUT2D eigenvalue weighted by molar-refractivity contribution is -0.152. The molecule has 1 aromatic rings. The number of alkyl halides is 3. The Hall–Kier alpha value is -1.04. The zero-order valence-electron chi connectivity index (χ0n) is 6.30. The van der Waals surface area contributed by atoms with Crippen LogP contribution in [0.15, 0.2) is 12.1 Å². The summed E-state index contributed by atoms with van der Waals surface area (Å²) in [5.41, 5.74) is 0. The number of halogens is 3. The minimum absolute atomic E-state index is 0.0967. The molecular weight excluding hydrogens is 205 g/mol. The van der Waals surface area contributed by atoms with E-state index in [2.05, 4.69) is 4.74 Å². The van der Waals surface area contributed by atoms with Gasteiger partial charge in [-0.1, -0.05) is 11.3 Å². The van der Waals surface area contributed by atoms with Crippen molar-refractivity contribution in [1.82, 2.24) is 0 Å². The van der Waals surface area contributed by atoms with Crippen LogP contribution in [0, 0.1) is 0 Å². The summed E-state index contributed by atoms with van der Waals surface area (Å²) in [5.74, 6) is 0. The SMILES string of the molecule is O=Cc1ccc(OCC(F)(F)F)s1. The van der Waals surface area contributed by atoms with Crippen molar-refractivity contribution in [3.63, 3.8) is 0 Å². The van der Waals surface area contributed by atoms with Gasteiger partial charge in [-0.2, -0.15) is 13.2 Å². The highest BCUT2D eigenvalue weighted by molar-refractivity contribution is 7.15. The van der Waals surface area contributed by atoms with E-state index >= 15 is 0 Å². The van der Waals surface area contributed by atoms with Crippen molar-refractivity contribution < 1.29 is 22.7 Å². The molecule has 0 aromatic carbocycles. The molecule has 0 amide bonds. The number of aldehydes is 1. The Kier molecular flexibility index (Phi) is 2.92. The summed E-state index contributed by atoms with van der Waals surface area (Å²) in [7, 11) is 0. The van der Waals surface area contributed by atoms with Gasteiger partial charge in [-0.05, 0) is 12.1 Å². The lowest BCUT2D eigenvalue weighted by Crippen LogP contribution is -2.18. The van der Waals surface area contributed by atoms with Crippen LogP contribution in [0.4, 0.5) is 13.2 Å². The number of carbonyl (C=O) groups excluding carboxylic acids is 1. The van der Waals surface area contributed by atoms with E-state index < -0.39 is 12.8 Å². The van der Waals surface area contributed by atoms with E-state index in [0.29, 0.717) is 11.2 Å². The second kappa shape index (κ2) is 3.78. The van der Waals surface area contributed by atoms with E-state index in [-0.39, 0.29) is 5.06 Å². The van der Waals surface area contributed by atoms with Crippen LogP contribution >= 0.6 is 11.3 Å². The molecule has 0 N–H and O–H groups in total. The Labute approximate surface area is 75.9 Å². The fourth-order valence-corrected chi connectivity index (χ4v) is 1.30. The third-order valence-corrected chi connectivity index (χ3v) is 2.02. The molecular formula is C7H5F3O2S. The van der Waals surface area contributed by atoms with Crippen molar-refractivity contribution in [2.75, 3.05) is 6.61 Å². The van der Waals surface area contributed by atoms with Crippen molar-refractivity contribution in [2.24, 2.45) is 0 Å². The van der Waals surface area contributed by atoms with Gasteiger partial charge in [0.25, 0.3) is 0 Å². The topological polar surface area (TPSA) is 26.3 Å². The van der Waals surface area contributed by atoms with Crippen molar-refractivity contribution in [3.05, 3.63) is 17.0 Å². The Morgan fingerprint density at radius 1 is 1.46 bits per heavy atom. The summed E-state index contributed by atoms with van der Waals surface area (Å²) in [5, 5.41) is 0.0967. The Morgan fingerprint density at radius 2 is 2.15 bits per heavy atom. The zero-order chi connectivity index (χ0) is 9.90. The predicted molar refractivity (Wildman–Crippen MR) is 41.3 cm³/mol. The Morgan fingerprint density at radius 3 is 2.62 bits per heavy atom. The molecule has 0 saturated carbocycles. The van der Waals surface area contributed by atoms with Crippen LogP contribution in [0.1, 0.15) is 9.67 Å². The standard InChI is InChI=1S/C7H5F3O2S/c8-7(9,10)4-12-6-2-1-5(3-11)13-6/h1-3H,4H2. The first-order valence-electron chi connectivity index (χ1n) is 3.26. The molecule has 1 aromatic heterocycles. The van der Waals surface area contributed by atoms with Gasteiger partial charge in [0.05, 0.1) is 4.88 Å². The molecule has 2 nitrogen and oxygen atoms in total. The molecule has 13 heavy (non-hydrogen) atoms. The van der Waals surface area contributed by atoms with E-state index in [1.807, 2.05) is 0 Å². The van der Waals surface area contributed by atoms with Crippen molar-refractivity contribution in [2.45, 2.75) is 6.18 Å². The molecule has 0 aliphatic carbocycles. The van der Waals surface area contributed by atoms with Gasteiger partial charge in [0.2, 0.25) is 0 Å². The number of hydrogen-bond acceptors (Lipinski definition) is 3. The minimum Gasteiger partial charge on any atom is -0.475 e. The molecule has 1 rings (SSSR count). The first-order valence-corrected chi connectivity index (χ1v) is 4.07. The van der Waals surface area contributed by atoms with Crippen molar-refractivity contribution >= 4 is 17.6 Å². The number of rotatable bonds is 3. The van der Waals surface area contributed by atoms with Crippen molar-refractivity contribution in [1.29, 1.82) is 0 Å². The predicted octanol–water partition coefficient (Wildman–Crippen LogP) is 2.50. The number of hydrogen-bond donors (Lipinski definition) is 0. The van der Waals surface area contributed by atoms with Crippen molar-refractivity contribution in [3.8, 4) is 5.06 Å². The monoisotopic (exact) mass is 210 g/mol. The van der Waals surface area contributed by atoms with Crippen LogP contribution in [0.3, 0.4) is 0 Å². The van der Waals surface area contributed by atoms with Gasteiger partial charge in [0.1, 0.15) is 0 Å². The highest BCUT2D eigenvalue weighted by Gasteiger charge is 2.28. The van der Waals surface area contributed by atoms with E-state index in [1.54, 1.807) is 0 Å². The van der Waals surface area contributed by atoms with E-state index in [9.17, 15) is 18.0 Å². The third-order valence-electron chi connectivity index (χ3n) is 1.10. The van der Waals surface area contributed by atoms with E-state index in [1.165, 1.54) is 12.1 Å². The van der Waals surface area contributed by atoms with Gasteiger partial charge in [-0.3, -0.25) is 4.79 Å². The number of ether oxygens (including phenoxy) is 1. The highest BCUT2D eigenvalue weighted by atomic mass is 32.1. The summed E-state index contributed by atoms with van der Waals surface area (Å²) in [4.78, 5) is 10.5. The maximum absolute atomic E-state index is 11.6. The molecule has 0 aliphatic rings. The van der Waals surface area contributed by atoms with Gasteiger partial charge in [0.15, 0.2) is 18.0 Å². The first kappa shape index (κ1) is 10.0. The fraction of sp³-hybridized carbons (Fsp3) is 0.286. The highest BCUT2D eigenvalue weighted by Crippen LogP contribution is 2.25. The minimum atomic E-state index is -4.34. The second-order valence-electron chi connectivity index (χ2n) is 2.18. The number of carbonyl (C=O) groups is 1. The van der Waals surface area contributed by atoms with Gasteiger partial charge in [-0.15, -0.1) is 0 Å². The molecule has 0 bridgehead atoms. The normalized spacial score (nSPS) is 11.3. The third kappa shape index (κ3) is 3.45. The van der Waals surface area contributed by atoms with Crippen LogP contribution < -0.4 is 4.74 Å². The largest absolute Gasteiger partial charge is 0.475 e. The second-order valence-corrected chi connectivity index (χ2v) is 3.26. The molecule has 0 unspecified atom stereocenters. The van der Waals surface area contributed by atoms with Crippen LogP contribution in [0.5, 0.6) is 5.06 Å². The first-order chi connectivity index (χ1) is 6.01. The molecule has 1 heterocycles. The fourth-order valence-electron chi connectivity index (χ4n) is 0.628. The summed E-state index contributed by atoms with van der Waals surface area (Å²) >= 11 is 0.883. The van der Waals surface area contributed by atoms with Crippen LogP contribution in [-0.2, 0) is 0 Å². The lowest BCUT2D eigenvalue weighted by Gasteiger charge is -2.05. The van der Waals surface area contributed by atoms with Gasteiger partial charge in [-0.25, -0.2) is 0 Å². The average molecular weight is 210 g/mol. The molecule has 72 valence electrons. The zero-order valence-corrected chi connectivity index (χ0v) is 7.11. The quantitative estimate of drug-likeness (QED) is 0.716. The molecule has 0 saturated heterocycles. The van der Waals surface area contributed by atoms with Gasteiger partial charge >= 0.3 is 6.18 Å². The molecule has 6 heteroatoms. The molecule has 0 fully saturated rings. The molecule has 0 atom stereocenters. The van der Waals surface area contributed by atoms with E-state index in [4.69, 9.17) is 0 Å². The molecule has 0 spiro atoms. The van der Waals surface area contributed by atoms with Crippen LogP contribution in [0.25, 0.3) is 0 Å². The summed E-state index contributed by atoms with van der Waals surface area (Å²) in [6, 6.07) is 2.74. The summed E-state index contributed by atoms with van der Waals surface area (Å²) in [6.07, 6.45) is -3.78. The van der Waals surface area contributed by atoms with Gasteiger partial charge in [0, 0.05) is 0 Å². The smallest absolute Gasteiger partial charge is 0.422 e. The van der Waals surface area contributed by atoms with Gasteiger partial charge < -0.3 is 4.74 Å². The van der Waals surface area contributed by atoms with E-state index in [0.717, 1.165) is 11.3 Å². The maximum Gasteiger partial charge on any atom is 0.422 e. The Bertz CT molecular complexity index is 292. The summed E-state index contributed by atoms with van der Waals surface area (Å²) < 4.78 is 39.3. The lowest BCUT2D eigenvalue weighted by atomic mass is 10.5. The molecule has 0 aliphatic heterocycles.